The van der Waals surface area contributed by atoms with Crippen LogP contribution in [0.3, 0.4) is 0 Å². The van der Waals surface area contributed by atoms with Crippen LogP contribution < -0.4 is 0 Å². The minimum Gasteiger partial charge on any atom is -0.324 e. The van der Waals surface area contributed by atoms with Gasteiger partial charge in [-0.1, -0.05) is 13.8 Å². The number of aromatic nitrogens is 2. The van der Waals surface area contributed by atoms with Crippen LogP contribution in [0, 0.1) is 18.8 Å². The molecule has 0 spiro atoms. The molecule has 0 amide bonds. The summed E-state index contributed by atoms with van der Waals surface area (Å²) in [6, 6.07) is 0. The number of rotatable bonds is 1. The molecule has 0 radical (unpaired) electrons. The predicted octanol–water partition coefficient (Wildman–Crippen LogP) is 3.43. The molecule has 2 heterocycles. The Morgan fingerprint density at radius 1 is 1.35 bits per heavy atom. The number of halogens is 3. The third kappa shape index (κ3) is 2.19. The third-order valence-electron chi connectivity index (χ3n) is 3.59. The second kappa shape index (κ2) is 4.03. The van der Waals surface area contributed by atoms with Crippen molar-refractivity contribution in [2.24, 2.45) is 11.8 Å². The van der Waals surface area contributed by atoms with E-state index in [1.807, 2.05) is 0 Å². The largest absolute Gasteiger partial charge is 0.433 e. The van der Waals surface area contributed by atoms with Crippen LogP contribution in [0.2, 0.25) is 0 Å². The van der Waals surface area contributed by atoms with Crippen LogP contribution in [-0.4, -0.2) is 9.55 Å². The van der Waals surface area contributed by atoms with Crippen LogP contribution in [0.25, 0.3) is 0 Å². The maximum absolute atomic E-state index is 12.9. The van der Waals surface area contributed by atoms with Crippen LogP contribution in [0.4, 0.5) is 13.2 Å². The predicted molar refractivity (Wildman–Crippen MR) is 58.6 cm³/mol. The van der Waals surface area contributed by atoms with E-state index in [2.05, 4.69) is 18.8 Å². The highest BCUT2D eigenvalue weighted by molar-refractivity contribution is 5.20. The van der Waals surface area contributed by atoms with Crippen molar-refractivity contribution in [1.29, 1.82) is 0 Å². The molecule has 2 nitrogen and oxygen atoms in total. The number of hydrogen-bond acceptors (Lipinski definition) is 1. The summed E-state index contributed by atoms with van der Waals surface area (Å²) < 4.78 is 40.2. The van der Waals surface area contributed by atoms with E-state index < -0.39 is 11.9 Å². The van der Waals surface area contributed by atoms with Crippen molar-refractivity contribution >= 4 is 0 Å². The second-order valence-corrected chi connectivity index (χ2v) is 5.11. The minimum atomic E-state index is -4.30. The van der Waals surface area contributed by atoms with Crippen LogP contribution >= 0.6 is 0 Å². The van der Waals surface area contributed by atoms with E-state index in [1.54, 1.807) is 0 Å². The number of fused-ring (bicyclic) bond motifs is 1. The van der Waals surface area contributed by atoms with E-state index in [0.29, 0.717) is 30.6 Å². The molecule has 1 atom stereocenters. The van der Waals surface area contributed by atoms with Crippen molar-refractivity contribution in [3.05, 3.63) is 17.2 Å². The zero-order chi connectivity index (χ0) is 12.8. The van der Waals surface area contributed by atoms with Crippen LogP contribution in [0.15, 0.2) is 0 Å². The van der Waals surface area contributed by atoms with E-state index >= 15 is 0 Å². The number of imidazole rings is 1. The topological polar surface area (TPSA) is 17.8 Å². The van der Waals surface area contributed by atoms with E-state index in [9.17, 15) is 13.2 Å². The van der Waals surface area contributed by atoms with Gasteiger partial charge in [0, 0.05) is 13.0 Å². The zero-order valence-corrected chi connectivity index (χ0v) is 10.3. The standard InChI is InChI=1S/C12H17F3N2/c1-7(2)9-4-5-10-16-8(3)11(12(13,14)15)17(10)6-9/h7,9H,4-6H2,1-3H3. The zero-order valence-electron chi connectivity index (χ0n) is 10.3. The summed E-state index contributed by atoms with van der Waals surface area (Å²) in [5.41, 5.74) is -0.449. The van der Waals surface area contributed by atoms with E-state index in [-0.39, 0.29) is 5.69 Å². The lowest BCUT2D eigenvalue weighted by atomic mass is 9.89. The fraction of sp³-hybridized carbons (Fsp3) is 0.750. The Labute approximate surface area is 98.8 Å². The summed E-state index contributed by atoms with van der Waals surface area (Å²) in [5.74, 6) is 1.32. The molecular weight excluding hydrogens is 229 g/mol. The molecule has 0 saturated carbocycles. The Kier molecular flexibility index (Phi) is 2.96. The Morgan fingerprint density at radius 2 is 2.00 bits per heavy atom. The monoisotopic (exact) mass is 246 g/mol. The number of aryl methyl sites for hydroxylation is 2. The lowest BCUT2D eigenvalue weighted by Gasteiger charge is -2.28. The first-order valence-corrected chi connectivity index (χ1v) is 5.94. The smallest absolute Gasteiger partial charge is 0.324 e. The molecule has 0 aromatic carbocycles. The average Bonchev–Trinajstić information content (AvgIpc) is 2.51. The fourth-order valence-corrected chi connectivity index (χ4v) is 2.56. The highest BCUT2D eigenvalue weighted by Crippen LogP contribution is 2.36. The molecule has 0 bridgehead atoms. The average molecular weight is 246 g/mol. The molecule has 1 aromatic rings. The molecule has 0 fully saturated rings. The molecule has 1 aromatic heterocycles. The molecule has 2 rings (SSSR count). The Hall–Kier alpha value is -1.00. The van der Waals surface area contributed by atoms with Gasteiger partial charge in [0.25, 0.3) is 0 Å². The van der Waals surface area contributed by atoms with Crippen LogP contribution in [0.5, 0.6) is 0 Å². The van der Waals surface area contributed by atoms with Crippen LogP contribution in [0.1, 0.15) is 37.5 Å². The Morgan fingerprint density at radius 3 is 2.53 bits per heavy atom. The molecule has 0 saturated heterocycles. The van der Waals surface area contributed by atoms with Gasteiger partial charge >= 0.3 is 6.18 Å². The van der Waals surface area contributed by atoms with Crippen molar-refractivity contribution < 1.29 is 13.2 Å². The maximum Gasteiger partial charge on any atom is 0.433 e. The fourth-order valence-electron chi connectivity index (χ4n) is 2.56. The van der Waals surface area contributed by atoms with Gasteiger partial charge in [0.1, 0.15) is 11.5 Å². The molecule has 0 N–H and O–H groups in total. The summed E-state index contributed by atoms with van der Waals surface area (Å²) in [6.45, 7) is 6.01. The minimum absolute atomic E-state index is 0.108. The summed E-state index contributed by atoms with van der Waals surface area (Å²) in [5, 5.41) is 0. The van der Waals surface area contributed by atoms with E-state index in [4.69, 9.17) is 0 Å². The number of alkyl halides is 3. The first-order chi connectivity index (χ1) is 7.80. The van der Waals surface area contributed by atoms with Gasteiger partial charge in [-0.15, -0.1) is 0 Å². The van der Waals surface area contributed by atoms with Gasteiger partial charge in [-0.05, 0) is 25.2 Å². The van der Waals surface area contributed by atoms with E-state index in [0.717, 1.165) is 6.42 Å². The second-order valence-electron chi connectivity index (χ2n) is 5.11. The lowest BCUT2D eigenvalue weighted by molar-refractivity contribution is -0.144. The highest BCUT2D eigenvalue weighted by atomic mass is 19.4. The Bertz CT molecular complexity index is 418. The molecule has 1 unspecified atom stereocenters. The summed E-state index contributed by atoms with van der Waals surface area (Å²) >= 11 is 0. The molecule has 1 aliphatic heterocycles. The first kappa shape index (κ1) is 12.5. The third-order valence-corrected chi connectivity index (χ3v) is 3.59. The molecule has 1 aliphatic rings. The summed E-state index contributed by atoms with van der Waals surface area (Å²) in [6.07, 6.45) is -2.71. The molecule has 96 valence electrons. The quantitative estimate of drug-likeness (QED) is 0.742. The van der Waals surface area contributed by atoms with Gasteiger partial charge in [-0.3, -0.25) is 0 Å². The van der Waals surface area contributed by atoms with Crippen molar-refractivity contribution in [1.82, 2.24) is 9.55 Å². The summed E-state index contributed by atoms with van der Waals surface area (Å²) in [4.78, 5) is 4.05. The van der Waals surface area contributed by atoms with Gasteiger partial charge in [0.2, 0.25) is 0 Å². The van der Waals surface area contributed by atoms with Crippen molar-refractivity contribution in [2.45, 2.75) is 46.3 Å². The molecule has 0 aliphatic carbocycles. The highest BCUT2D eigenvalue weighted by Gasteiger charge is 2.40. The van der Waals surface area contributed by atoms with Gasteiger partial charge in [0.05, 0.1) is 5.69 Å². The first-order valence-electron chi connectivity index (χ1n) is 5.94. The maximum atomic E-state index is 12.9. The van der Waals surface area contributed by atoms with Gasteiger partial charge in [-0.25, -0.2) is 4.98 Å². The Balaban J connectivity index is 2.41. The van der Waals surface area contributed by atoms with Crippen molar-refractivity contribution in [2.75, 3.05) is 0 Å². The molecule has 17 heavy (non-hydrogen) atoms. The van der Waals surface area contributed by atoms with Crippen molar-refractivity contribution in [3.8, 4) is 0 Å². The number of nitrogens with zero attached hydrogens (tertiary/aromatic N) is 2. The van der Waals surface area contributed by atoms with Gasteiger partial charge in [0.15, 0.2) is 0 Å². The van der Waals surface area contributed by atoms with Crippen LogP contribution in [-0.2, 0) is 19.1 Å². The van der Waals surface area contributed by atoms with Gasteiger partial charge < -0.3 is 4.57 Å². The normalized spacial score (nSPS) is 20.8. The molecule has 5 heteroatoms. The van der Waals surface area contributed by atoms with Crippen molar-refractivity contribution in [3.63, 3.8) is 0 Å². The lowest BCUT2D eigenvalue weighted by Crippen LogP contribution is -2.27. The summed E-state index contributed by atoms with van der Waals surface area (Å²) in [7, 11) is 0. The number of hydrogen-bond donors (Lipinski definition) is 0. The molecular formula is C12H17F3N2. The van der Waals surface area contributed by atoms with Gasteiger partial charge in [-0.2, -0.15) is 13.2 Å². The SMILES string of the molecule is Cc1nc2n(c1C(F)(F)F)CC(C(C)C)CC2. The van der Waals surface area contributed by atoms with E-state index in [1.165, 1.54) is 11.5 Å².